The van der Waals surface area contributed by atoms with Gasteiger partial charge in [0.25, 0.3) is 5.56 Å². The van der Waals surface area contributed by atoms with E-state index in [2.05, 4.69) is 31.1 Å². The van der Waals surface area contributed by atoms with E-state index in [0.717, 1.165) is 0 Å². The fourth-order valence-electron chi connectivity index (χ4n) is 0.849. The standard InChI is InChI=1S/C7H4BrN3O2/c8-6-3-9-4(2-10-6)5-1-7(12)11-13-5/h1-3H,(H,11,12). The Morgan fingerprint density at radius 2 is 2.23 bits per heavy atom. The summed E-state index contributed by atoms with van der Waals surface area (Å²) in [6.07, 6.45) is 3.04. The molecule has 0 bridgehead atoms. The van der Waals surface area contributed by atoms with Crippen molar-refractivity contribution in [2.45, 2.75) is 0 Å². The molecular formula is C7H4BrN3O2. The molecule has 0 atom stereocenters. The molecule has 5 nitrogen and oxygen atoms in total. The van der Waals surface area contributed by atoms with Crippen molar-refractivity contribution in [3.63, 3.8) is 0 Å². The van der Waals surface area contributed by atoms with Gasteiger partial charge in [-0.05, 0) is 15.9 Å². The highest BCUT2D eigenvalue weighted by molar-refractivity contribution is 9.10. The molecule has 0 unspecified atom stereocenters. The molecule has 13 heavy (non-hydrogen) atoms. The third-order valence-electron chi connectivity index (χ3n) is 1.40. The van der Waals surface area contributed by atoms with E-state index < -0.39 is 0 Å². The minimum atomic E-state index is -0.292. The maximum absolute atomic E-state index is 10.7. The van der Waals surface area contributed by atoms with Gasteiger partial charge in [0.1, 0.15) is 10.3 Å². The van der Waals surface area contributed by atoms with Crippen molar-refractivity contribution < 1.29 is 4.52 Å². The van der Waals surface area contributed by atoms with Gasteiger partial charge in [-0.3, -0.25) is 4.79 Å². The molecule has 0 radical (unpaired) electrons. The monoisotopic (exact) mass is 241 g/mol. The first-order valence-corrected chi connectivity index (χ1v) is 4.21. The number of H-pyrrole nitrogens is 1. The first-order chi connectivity index (χ1) is 6.25. The molecule has 2 rings (SSSR count). The molecule has 66 valence electrons. The highest BCUT2D eigenvalue weighted by atomic mass is 79.9. The summed E-state index contributed by atoms with van der Waals surface area (Å²) in [4.78, 5) is 18.7. The Balaban J connectivity index is 2.47. The highest BCUT2D eigenvalue weighted by Gasteiger charge is 2.04. The molecule has 0 fully saturated rings. The molecular weight excluding hydrogens is 238 g/mol. The molecule has 0 aliphatic heterocycles. The first kappa shape index (κ1) is 8.18. The second-order valence-corrected chi connectivity index (χ2v) is 3.11. The summed E-state index contributed by atoms with van der Waals surface area (Å²) in [5.41, 5.74) is 0.223. The SMILES string of the molecule is O=c1cc(-c2cnc(Br)cn2)o[nH]1. The van der Waals surface area contributed by atoms with Crippen molar-refractivity contribution in [3.05, 3.63) is 33.4 Å². The van der Waals surface area contributed by atoms with Gasteiger partial charge in [-0.1, -0.05) is 0 Å². The molecule has 0 aliphatic carbocycles. The third kappa shape index (κ3) is 1.67. The number of aromatic amines is 1. The van der Waals surface area contributed by atoms with Gasteiger partial charge in [-0.25, -0.2) is 9.97 Å². The molecule has 0 amide bonds. The molecule has 0 saturated carbocycles. The average Bonchev–Trinajstić information content (AvgIpc) is 2.53. The van der Waals surface area contributed by atoms with E-state index in [1.165, 1.54) is 18.5 Å². The van der Waals surface area contributed by atoms with Crippen molar-refractivity contribution in [3.8, 4) is 11.5 Å². The lowest BCUT2D eigenvalue weighted by Gasteiger charge is -1.92. The predicted molar refractivity (Wildman–Crippen MR) is 48.1 cm³/mol. The Labute approximate surface area is 80.9 Å². The van der Waals surface area contributed by atoms with Crippen LogP contribution in [0, 0.1) is 0 Å². The quantitative estimate of drug-likeness (QED) is 0.815. The normalized spacial score (nSPS) is 10.2. The molecule has 0 spiro atoms. The van der Waals surface area contributed by atoms with Crippen LogP contribution in [0.15, 0.2) is 32.4 Å². The summed E-state index contributed by atoms with van der Waals surface area (Å²) < 4.78 is 5.47. The smallest absolute Gasteiger partial charge is 0.280 e. The van der Waals surface area contributed by atoms with Crippen LogP contribution in [0.25, 0.3) is 11.5 Å². The largest absolute Gasteiger partial charge is 0.377 e. The van der Waals surface area contributed by atoms with E-state index in [-0.39, 0.29) is 5.56 Å². The number of hydrogen-bond acceptors (Lipinski definition) is 4. The molecule has 0 aliphatic rings. The summed E-state index contributed by atoms with van der Waals surface area (Å²) in [5, 5.41) is 2.17. The van der Waals surface area contributed by atoms with Crippen LogP contribution in [0.5, 0.6) is 0 Å². The average molecular weight is 242 g/mol. The Morgan fingerprint density at radius 1 is 1.38 bits per heavy atom. The third-order valence-corrected chi connectivity index (χ3v) is 1.81. The number of nitrogens with zero attached hydrogens (tertiary/aromatic N) is 2. The van der Waals surface area contributed by atoms with Crippen LogP contribution >= 0.6 is 15.9 Å². The molecule has 2 aromatic heterocycles. The van der Waals surface area contributed by atoms with Crippen LogP contribution in [0.2, 0.25) is 0 Å². The van der Waals surface area contributed by atoms with E-state index >= 15 is 0 Å². The summed E-state index contributed by atoms with van der Waals surface area (Å²) in [6, 6.07) is 1.32. The summed E-state index contributed by atoms with van der Waals surface area (Å²) in [7, 11) is 0. The van der Waals surface area contributed by atoms with Crippen molar-refractivity contribution in [2.24, 2.45) is 0 Å². The van der Waals surface area contributed by atoms with Gasteiger partial charge in [0, 0.05) is 0 Å². The van der Waals surface area contributed by atoms with Crippen LogP contribution in [0.1, 0.15) is 0 Å². The van der Waals surface area contributed by atoms with E-state index in [0.29, 0.717) is 16.1 Å². The van der Waals surface area contributed by atoms with Crippen LogP contribution in [0.3, 0.4) is 0 Å². The minimum Gasteiger partial charge on any atom is -0.377 e. The zero-order valence-corrected chi connectivity index (χ0v) is 7.91. The number of rotatable bonds is 1. The van der Waals surface area contributed by atoms with E-state index in [1.807, 2.05) is 0 Å². The lowest BCUT2D eigenvalue weighted by molar-refractivity contribution is 0.424. The van der Waals surface area contributed by atoms with E-state index in [9.17, 15) is 4.79 Å². The van der Waals surface area contributed by atoms with Gasteiger partial charge in [0.15, 0.2) is 5.76 Å². The summed E-state index contributed by atoms with van der Waals surface area (Å²) in [6.45, 7) is 0. The molecule has 2 aromatic rings. The zero-order chi connectivity index (χ0) is 9.26. The van der Waals surface area contributed by atoms with E-state index in [1.54, 1.807) is 0 Å². The van der Waals surface area contributed by atoms with Gasteiger partial charge in [0.05, 0.1) is 18.5 Å². The molecule has 6 heteroatoms. The fraction of sp³-hybridized carbons (Fsp3) is 0. The van der Waals surface area contributed by atoms with Crippen molar-refractivity contribution in [2.75, 3.05) is 0 Å². The maximum Gasteiger partial charge on any atom is 0.280 e. The number of aromatic nitrogens is 3. The Morgan fingerprint density at radius 3 is 2.77 bits per heavy atom. The van der Waals surface area contributed by atoms with Gasteiger partial charge >= 0.3 is 0 Å². The fourth-order valence-corrected chi connectivity index (χ4v) is 1.05. The van der Waals surface area contributed by atoms with Crippen LogP contribution in [-0.2, 0) is 0 Å². The van der Waals surface area contributed by atoms with Gasteiger partial charge in [0.2, 0.25) is 0 Å². The topological polar surface area (TPSA) is 71.8 Å². The molecule has 0 saturated heterocycles. The Hall–Kier alpha value is -1.43. The number of nitrogens with one attached hydrogen (secondary N) is 1. The second kappa shape index (κ2) is 3.14. The van der Waals surface area contributed by atoms with Gasteiger partial charge in [-0.15, -0.1) is 0 Å². The van der Waals surface area contributed by atoms with Crippen LogP contribution in [-0.4, -0.2) is 15.1 Å². The first-order valence-electron chi connectivity index (χ1n) is 3.42. The lowest BCUT2D eigenvalue weighted by Crippen LogP contribution is -1.92. The molecule has 1 N–H and O–H groups in total. The van der Waals surface area contributed by atoms with Crippen molar-refractivity contribution >= 4 is 15.9 Å². The van der Waals surface area contributed by atoms with Gasteiger partial charge < -0.3 is 4.52 Å². The number of hydrogen-bond donors (Lipinski definition) is 1. The Kier molecular flexibility index (Phi) is 1.97. The predicted octanol–water partition coefficient (Wildman–Crippen LogP) is 1.19. The lowest BCUT2D eigenvalue weighted by atomic mass is 10.3. The Bertz CT molecular complexity index is 459. The number of halogens is 1. The van der Waals surface area contributed by atoms with Gasteiger partial charge in [-0.2, -0.15) is 5.16 Å². The summed E-state index contributed by atoms with van der Waals surface area (Å²) >= 11 is 3.15. The molecule has 0 aromatic carbocycles. The molecule has 2 heterocycles. The minimum absolute atomic E-state index is 0.292. The summed E-state index contributed by atoms with van der Waals surface area (Å²) in [5.74, 6) is 0.380. The van der Waals surface area contributed by atoms with E-state index in [4.69, 9.17) is 4.52 Å². The highest BCUT2D eigenvalue weighted by Crippen LogP contribution is 2.13. The van der Waals surface area contributed by atoms with Crippen LogP contribution in [0.4, 0.5) is 0 Å². The van der Waals surface area contributed by atoms with Crippen molar-refractivity contribution in [1.82, 2.24) is 15.1 Å². The maximum atomic E-state index is 10.7. The van der Waals surface area contributed by atoms with Crippen LogP contribution < -0.4 is 5.56 Å². The second-order valence-electron chi connectivity index (χ2n) is 2.30. The van der Waals surface area contributed by atoms with Crippen molar-refractivity contribution in [1.29, 1.82) is 0 Å². The zero-order valence-electron chi connectivity index (χ0n) is 6.32.